The van der Waals surface area contributed by atoms with Gasteiger partial charge in [0, 0.05) is 39.1 Å². The summed E-state index contributed by atoms with van der Waals surface area (Å²) in [6.45, 7) is 0. The van der Waals surface area contributed by atoms with Gasteiger partial charge in [-0.25, -0.2) is 4.98 Å². The molecular weight excluding hydrogens is 619 g/mol. The van der Waals surface area contributed by atoms with Crippen molar-refractivity contribution in [1.29, 1.82) is 0 Å². The fraction of sp³-hybridized carbons (Fsp3) is 0.0208. The number of aromatic nitrogens is 3. The minimum absolute atomic E-state index is 0.205. The van der Waals surface area contributed by atoms with Crippen molar-refractivity contribution in [1.82, 2.24) is 14.1 Å². The highest BCUT2D eigenvalue weighted by molar-refractivity contribution is 6.10. The molecule has 0 bridgehead atoms. The molecule has 3 heterocycles. The monoisotopic (exact) mass is 649 g/mol. The van der Waals surface area contributed by atoms with Crippen LogP contribution in [0.5, 0.6) is 0 Å². The lowest BCUT2D eigenvalue weighted by molar-refractivity contribution is 1.01. The van der Waals surface area contributed by atoms with E-state index in [9.17, 15) is 0 Å². The molecule has 0 fully saturated rings. The van der Waals surface area contributed by atoms with Crippen molar-refractivity contribution in [2.75, 3.05) is 0 Å². The summed E-state index contributed by atoms with van der Waals surface area (Å²) < 4.78 is 4.72. The summed E-state index contributed by atoms with van der Waals surface area (Å²) in [7, 11) is 0. The molecule has 0 unspecified atom stereocenters. The molecule has 0 N–H and O–H groups in total. The molecule has 51 heavy (non-hydrogen) atoms. The normalized spacial score (nSPS) is 12.6. The molecule has 0 radical (unpaired) electrons. The van der Waals surface area contributed by atoms with Crippen LogP contribution in [0.15, 0.2) is 182 Å². The number of nitrogens with zero attached hydrogens (tertiary/aromatic N) is 3. The third-order valence-electron chi connectivity index (χ3n) is 10.8. The van der Waals surface area contributed by atoms with Gasteiger partial charge in [-0.05, 0) is 58.1 Å². The van der Waals surface area contributed by atoms with Gasteiger partial charge in [0.1, 0.15) is 5.82 Å². The van der Waals surface area contributed by atoms with Crippen molar-refractivity contribution >= 4 is 43.6 Å². The summed E-state index contributed by atoms with van der Waals surface area (Å²) >= 11 is 0. The van der Waals surface area contributed by atoms with Crippen LogP contribution in [0.25, 0.3) is 77.5 Å². The predicted molar refractivity (Wildman–Crippen MR) is 211 cm³/mol. The van der Waals surface area contributed by atoms with Crippen LogP contribution in [-0.4, -0.2) is 14.1 Å². The maximum atomic E-state index is 5.47. The van der Waals surface area contributed by atoms with E-state index in [1.807, 2.05) is 0 Å². The van der Waals surface area contributed by atoms with Crippen molar-refractivity contribution in [2.24, 2.45) is 0 Å². The van der Waals surface area contributed by atoms with Gasteiger partial charge in [-0.2, -0.15) is 0 Å². The van der Waals surface area contributed by atoms with Crippen molar-refractivity contribution in [2.45, 2.75) is 5.92 Å². The molecule has 3 nitrogen and oxygen atoms in total. The first-order valence-corrected chi connectivity index (χ1v) is 17.6. The summed E-state index contributed by atoms with van der Waals surface area (Å²) in [6, 6.07) is 66.0. The summed E-state index contributed by atoms with van der Waals surface area (Å²) in [5.41, 5.74) is 14.4. The molecule has 11 rings (SSSR count). The molecule has 3 aromatic heterocycles. The van der Waals surface area contributed by atoms with Gasteiger partial charge in [-0.15, -0.1) is 0 Å². The Balaban J connectivity index is 1.14. The molecule has 3 heteroatoms. The van der Waals surface area contributed by atoms with Gasteiger partial charge in [-0.1, -0.05) is 146 Å². The van der Waals surface area contributed by atoms with Gasteiger partial charge in [0.2, 0.25) is 0 Å². The number of benzene rings is 7. The van der Waals surface area contributed by atoms with Crippen molar-refractivity contribution in [3.63, 3.8) is 0 Å². The van der Waals surface area contributed by atoms with Gasteiger partial charge in [0.25, 0.3) is 0 Å². The first-order chi connectivity index (χ1) is 25.3. The lowest BCUT2D eigenvalue weighted by Crippen LogP contribution is -2.03. The largest absolute Gasteiger partial charge is 0.309 e. The first kappa shape index (κ1) is 28.2. The zero-order valence-electron chi connectivity index (χ0n) is 27.7. The van der Waals surface area contributed by atoms with E-state index in [2.05, 4.69) is 191 Å². The lowest BCUT2D eigenvalue weighted by atomic mass is 9.89. The van der Waals surface area contributed by atoms with Crippen LogP contribution >= 0.6 is 0 Å². The molecule has 1 aliphatic carbocycles. The Labute approximate surface area is 295 Å². The average Bonchev–Trinajstić information content (AvgIpc) is 3.84. The number of para-hydroxylation sites is 4. The third-order valence-corrected chi connectivity index (χ3v) is 10.8. The summed E-state index contributed by atoms with van der Waals surface area (Å²) in [5.74, 6) is 1.10. The lowest BCUT2D eigenvalue weighted by Gasteiger charge is -2.16. The molecule has 0 spiro atoms. The van der Waals surface area contributed by atoms with Crippen LogP contribution in [-0.2, 0) is 0 Å². The van der Waals surface area contributed by atoms with Gasteiger partial charge in [-0.3, -0.25) is 4.57 Å². The van der Waals surface area contributed by atoms with Crippen LogP contribution < -0.4 is 0 Å². The Hall–Kier alpha value is -6.71. The number of hydrogen-bond acceptors (Lipinski definition) is 1. The quantitative estimate of drug-likeness (QED) is 0.186. The summed E-state index contributed by atoms with van der Waals surface area (Å²) in [6.07, 6.45) is 0. The van der Waals surface area contributed by atoms with Crippen LogP contribution in [0, 0.1) is 0 Å². The van der Waals surface area contributed by atoms with E-state index in [1.54, 1.807) is 0 Å². The SMILES string of the molecule is c1ccc2c(c1)-c1ccccc1C2c1ccc(-c2cc(-n3c4ccccc4c4ccccc43)cc(-n3c4ccccc4c4ccccc43)n2)cc1. The minimum atomic E-state index is 0.205. The highest BCUT2D eigenvalue weighted by atomic mass is 15.1. The molecule has 0 saturated carbocycles. The third kappa shape index (κ3) is 4.15. The maximum Gasteiger partial charge on any atom is 0.140 e. The molecule has 0 aliphatic heterocycles. The number of rotatable bonds is 4. The second kappa shape index (κ2) is 10.9. The molecule has 0 amide bonds. The van der Waals surface area contributed by atoms with Gasteiger partial charge in [0.05, 0.1) is 33.4 Å². The molecular formula is C48H31N3. The molecule has 0 atom stereocenters. The molecule has 0 saturated heterocycles. The van der Waals surface area contributed by atoms with Crippen LogP contribution in [0.2, 0.25) is 0 Å². The zero-order valence-corrected chi connectivity index (χ0v) is 27.7. The van der Waals surface area contributed by atoms with Crippen LogP contribution in [0.4, 0.5) is 0 Å². The van der Waals surface area contributed by atoms with Crippen LogP contribution in [0.1, 0.15) is 22.6 Å². The van der Waals surface area contributed by atoms with Gasteiger partial charge in [0.15, 0.2) is 0 Å². The molecule has 7 aromatic carbocycles. The highest BCUT2D eigenvalue weighted by Gasteiger charge is 2.29. The molecule has 1 aliphatic rings. The van der Waals surface area contributed by atoms with E-state index in [1.165, 1.54) is 60.4 Å². The van der Waals surface area contributed by atoms with E-state index in [4.69, 9.17) is 4.98 Å². The van der Waals surface area contributed by atoms with E-state index in [0.29, 0.717) is 0 Å². The Morgan fingerprint density at radius 1 is 0.392 bits per heavy atom. The van der Waals surface area contributed by atoms with Crippen molar-refractivity contribution in [3.05, 3.63) is 199 Å². The van der Waals surface area contributed by atoms with E-state index >= 15 is 0 Å². The topological polar surface area (TPSA) is 22.8 Å². The van der Waals surface area contributed by atoms with Gasteiger partial charge < -0.3 is 4.57 Å². The average molecular weight is 650 g/mol. The van der Waals surface area contributed by atoms with Crippen LogP contribution in [0.3, 0.4) is 0 Å². The van der Waals surface area contributed by atoms with E-state index in [0.717, 1.165) is 33.8 Å². The predicted octanol–water partition coefficient (Wildman–Crippen LogP) is 12.1. The smallest absolute Gasteiger partial charge is 0.140 e. The highest BCUT2D eigenvalue weighted by Crippen LogP contribution is 2.48. The number of fused-ring (bicyclic) bond motifs is 9. The Kier molecular flexibility index (Phi) is 6.02. The van der Waals surface area contributed by atoms with Crippen molar-refractivity contribution < 1.29 is 0 Å². The van der Waals surface area contributed by atoms with Gasteiger partial charge >= 0.3 is 0 Å². The number of pyridine rings is 1. The second-order valence-corrected chi connectivity index (χ2v) is 13.5. The Morgan fingerprint density at radius 3 is 1.33 bits per heavy atom. The molecule has 238 valence electrons. The van der Waals surface area contributed by atoms with Crippen molar-refractivity contribution in [3.8, 4) is 33.9 Å². The summed E-state index contributed by atoms with van der Waals surface area (Å²) in [4.78, 5) is 5.47. The molecule has 10 aromatic rings. The maximum absolute atomic E-state index is 5.47. The number of hydrogen-bond donors (Lipinski definition) is 0. The fourth-order valence-electron chi connectivity index (χ4n) is 8.62. The van der Waals surface area contributed by atoms with E-state index in [-0.39, 0.29) is 5.92 Å². The minimum Gasteiger partial charge on any atom is -0.309 e. The fourth-order valence-corrected chi connectivity index (χ4v) is 8.62. The Bertz CT molecular complexity index is 2690. The first-order valence-electron chi connectivity index (χ1n) is 17.6. The standard InChI is InChI=1S/C48H31N3/c1-3-19-40-34(13-1)35-14-2-4-20-41(35)48(40)32-27-25-31(26-28-32)42-29-33(50-43-21-9-5-15-36(43)37-16-6-10-22-44(37)50)30-47(49-42)51-45-23-11-7-17-38(45)39-18-8-12-24-46(39)51/h1-30,48H. The zero-order chi connectivity index (χ0) is 33.5. The second-order valence-electron chi connectivity index (χ2n) is 13.5. The summed E-state index contributed by atoms with van der Waals surface area (Å²) in [5, 5.41) is 4.93. The van der Waals surface area contributed by atoms with E-state index < -0.39 is 0 Å². The Morgan fingerprint density at radius 2 is 0.824 bits per heavy atom.